The number of thiazole rings is 1. The largest absolute Gasteiger partial charge is 0.391 e. The average molecular weight is 357 g/mol. The molecule has 122 valence electrons. The molecule has 1 saturated carbocycles. The molecule has 1 heterocycles. The van der Waals surface area contributed by atoms with Gasteiger partial charge in [0, 0.05) is 23.9 Å². The number of hydrogen-bond donors (Lipinski definition) is 4. The number of nitrogens with zero attached hydrogens (tertiary/aromatic N) is 1. The minimum Gasteiger partial charge on any atom is -0.391 e. The zero-order chi connectivity index (χ0) is 13.8. The van der Waals surface area contributed by atoms with Crippen LogP contribution in [0.25, 0.3) is 0 Å². The molecule has 21 heavy (non-hydrogen) atoms. The van der Waals surface area contributed by atoms with Crippen LogP contribution in [-0.4, -0.2) is 34.7 Å². The Labute approximate surface area is 140 Å². The number of anilines is 1. The van der Waals surface area contributed by atoms with Crippen molar-refractivity contribution in [1.82, 2.24) is 10.3 Å². The van der Waals surface area contributed by atoms with Crippen molar-refractivity contribution in [3.05, 3.63) is 11.1 Å². The van der Waals surface area contributed by atoms with E-state index >= 15 is 0 Å². The van der Waals surface area contributed by atoms with Gasteiger partial charge in [-0.3, -0.25) is 4.79 Å². The zero-order valence-corrected chi connectivity index (χ0v) is 14.0. The number of carbonyl (C=O) groups is 1. The highest BCUT2D eigenvalue weighted by Gasteiger charge is 2.34. The van der Waals surface area contributed by atoms with Gasteiger partial charge in [-0.25, -0.2) is 4.98 Å². The van der Waals surface area contributed by atoms with Gasteiger partial charge in [-0.2, -0.15) is 0 Å². The van der Waals surface area contributed by atoms with Crippen LogP contribution in [0, 0.1) is 5.92 Å². The van der Waals surface area contributed by atoms with Crippen molar-refractivity contribution in [2.45, 2.75) is 37.8 Å². The van der Waals surface area contributed by atoms with Crippen LogP contribution in [0.3, 0.4) is 0 Å². The van der Waals surface area contributed by atoms with E-state index < -0.39 is 6.10 Å². The maximum atomic E-state index is 11.8. The van der Waals surface area contributed by atoms with Crippen LogP contribution in [0.1, 0.15) is 25.0 Å². The lowest BCUT2D eigenvalue weighted by atomic mass is 10.1. The molecule has 0 bridgehead atoms. The Morgan fingerprint density at radius 2 is 2.19 bits per heavy atom. The van der Waals surface area contributed by atoms with Gasteiger partial charge in [0.25, 0.3) is 0 Å². The molecule has 2 rings (SSSR count). The van der Waals surface area contributed by atoms with Crippen molar-refractivity contribution in [1.29, 1.82) is 0 Å². The Hall–Kier alpha value is -0.600. The molecule has 1 fully saturated rings. The van der Waals surface area contributed by atoms with Gasteiger partial charge in [-0.1, -0.05) is 0 Å². The fourth-order valence-electron chi connectivity index (χ4n) is 2.33. The van der Waals surface area contributed by atoms with Crippen LogP contribution in [-0.2, 0) is 11.2 Å². The molecule has 0 aromatic carbocycles. The molecule has 0 spiro atoms. The number of halogens is 2. The summed E-state index contributed by atoms with van der Waals surface area (Å²) >= 11 is 1.43. The first kappa shape index (κ1) is 20.4. The first-order valence-corrected chi connectivity index (χ1v) is 7.35. The van der Waals surface area contributed by atoms with E-state index in [1.165, 1.54) is 11.3 Å². The van der Waals surface area contributed by atoms with Gasteiger partial charge in [0.2, 0.25) is 5.91 Å². The second-order valence-electron chi connectivity index (χ2n) is 4.97. The standard InChI is InChI=1S/C12H20N4O2S.2ClH/c13-9-4-7(5-10(9)17)11(18)15-3-1-2-8-6-19-12(14)16-8;;/h6-7,9-10,17H,1-5,13H2,(H2,14,16)(H,15,18);2*1H/t7-,9-,10-;;/m0../s1. The van der Waals surface area contributed by atoms with Gasteiger partial charge in [0.05, 0.1) is 11.8 Å². The molecule has 1 aliphatic carbocycles. The molecule has 3 atom stereocenters. The van der Waals surface area contributed by atoms with Crippen LogP contribution in [0.2, 0.25) is 0 Å². The maximum absolute atomic E-state index is 11.8. The Morgan fingerprint density at radius 1 is 1.48 bits per heavy atom. The van der Waals surface area contributed by atoms with Gasteiger partial charge in [-0.15, -0.1) is 36.2 Å². The van der Waals surface area contributed by atoms with E-state index in [0.717, 1.165) is 18.5 Å². The fourth-order valence-corrected chi connectivity index (χ4v) is 2.92. The van der Waals surface area contributed by atoms with E-state index in [1.54, 1.807) is 0 Å². The van der Waals surface area contributed by atoms with Crippen LogP contribution >= 0.6 is 36.2 Å². The highest BCUT2D eigenvalue weighted by molar-refractivity contribution is 7.13. The van der Waals surface area contributed by atoms with E-state index in [1.807, 2.05) is 5.38 Å². The van der Waals surface area contributed by atoms with Crippen molar-refractivity contribution in [2.24, 2.45) is 11.7 Å². The van der Waals surface area contributed by atoms with Crippen LogP contribution in [0.15, 0.2) is 5.38 Å². The number of aliphatic hydroxyl groups excluding tert-OH is 1. The first-order valence-electron chi connectivity index (χ1n) is 6.47. The molecule has 6 N–H and O–H groups in total. The molecule has 1 aromatic heterocycles. The highest BCUT2D eigenvalue weighted by atomic mass is 35.5. The number of amides is 1. The molecular weight excluding hydrogens is 335 g/mol. The molecule has 1 aromatic rings. The molecule has 1 amide bonds. The summed E-state index contributed by atoms with van der Waals surface area (Å²) in [4.78, 5) is 16.0. The number of aryl methyl sites for hydroxylation is 1. The quantitative estimate of drug-likeness (QED) is 0.580. The number of nitrogens with one attached hydrogen (secondary N) is 1. The molecule has 0 aliphatic heterocycles. The second-order valence-corrected chi connectivity index (χ2v) is 5.86. The van der Waals surface area contributed by atoms with E-state index in [4.69, 9.17) is 11.5 Å². The van der Waals surface area contributed by atoms with Gasteiger partial charge in [-0.05, 0) is 25.7 Å². The number of nitrogens with two attached hydrogens (primary N) is 2. The summed E-state index contributed by atoms with van der Waals surface area (Å²) in [5, 5.41) is 14.9. The van der Waals surface area contributed by atoms with Crippen molar-refractivity contribution in [3.63, 3.8) is 0 Å². The van der Waals surface area contributed by atoms with E-state index in [0.29, 0.717) is 24.5 Å². The predicted octanol–water partition coefficient (Wildman–Crippen LogP) is 0.716. The first-order chi connectivity index (χ1) is 9.06. The zero-order valence-electron chi connectivity index (χ0n) is 11.5. The van der Waals surface area contributed by atoms with Crippen LogP contribution < -0.4 is 16.8 Å². The average Bonchev–Trinajstić information content (AvgIpc) is 2.92. The smallest absolute Gasteiger partial charge is 0.223 e. The van der Waals surface area contributed by atoms with Gasteiger partial charge in [0.15, 0.2) is 5.13 Å². The third-order valence-corrected chi connectivity index (χ3v) is 4.15. The summed E-state index contributed by atoms with van der Waals surface area (Å²) in [5.74, 6) is -0.162. The molecule has 0 saturated heterocycles. The SMILES string of the molecule is Cl.Cl.Nc1nc(CCCNC(=O)[C@H]2C[C@H](N)[C@@H](O)C2)cs1. The lowest BCUT2D eigenvalue weighted by molar-refractivity contribution is -0.125. The third-order valence-electron chi connectivity index (χ3n) is 3.43. The summed E-state index contributed by atoms with van der Waals surface area (Å²) < 4.78 is 0. The second kappa shape index (κ2) is 9.42. The lowest BCUT2D eigenvalue weighted by Gasteiger charge is -2.09. The number of aliphatic hydroxyl groups is 1. The molecule has 9 heteroatoms. The Morgan fingerprint density at radius 3 is 2.71 bits per heavy atom. The summed E-state index contributed by atoms with van der Waals surface area (Å²) in [6.07, 6.45) is 2.12. The number of rotatable bonds is 5. The van der Waals surface area contributed by atoms with Crippen LogP contribution in [0.5, 0.6) is 0 Å². The third kappa shape index (κ3) is 5.96. The van der Waals surface area contributed by atoms with Crippen molar-refractivity contribution < 1.29 is 9.90 Å². The fraction of sp³-hybridized carbons (Fsp3) is 0.667. The summed E-state index contributed by atoms with van der Waals surface area (Å²) in [7, 11) is 0. The van der Waals surface area contributed by atoms with E-state index in [9.17, 15) is 9.90 Å². The van der Waals surface area contributed by atoms with Crippen LogP contribution in [0.4, 0.5) is 5.13 Å². The Kier molecular flexibility index (Phi) is 9.15. The predicted molar refractivity (Wildman–Crippen MR) is 89.1 cm³/mol. The minimum atomic E-state index is -0.547. The topological polar surface area (TPSA) is 114 Å². The van der Waals surface area contributed by atoms with E-state index in [-0.39, 0.29) is 42.7 Å². The Balaban J connectivity index is 0.00000200. The van der Waals surface area contributed by atoms with Gasteiger partial charge < -0.3 is 21.9 Å². The normalized spacial score (nSPS) is 24.0. The highest BCUT2D eigenvalue weighted by Crippen LogP contribution is 2.24. The number of nitrogen functional groups attached to an aromatic ring is 1. The minimum absolute atomic E-state index is 0. The summed E-state index contributed by atoms with van der Waals surface area (Å²) in [6, 6.07) is -0.270. The van der Waals surface area contributed by atoms with Crippen molar-refractivity contribution in [3.8, 4) is 0 Å². The van der Waals surface area contributed by atoms with Crippen molar-refractivity contribution >= 4 is 47.2 Å². The number of hydrogen-bond acceptors (Lipinski definition) is 6. The molecule has 0 radical (unpaired) electrons. The molecule has 1 aliphatic rings. The molecule has 0 unspecified atom stereocenters. The monoisotopic (exact) mass is 356 g/mol. The van der Waals surface area contributed by atoms with E-state index in [2.05, 4.69) is 10.3 Å². The van der Waals surface area contributed by atoms with Gasteiger partial charge in [0.1, 0.15) is 0 Å². The lowest BCUT2D eigenvalue weighted by Crippen LogP contribution is -2.31. The molecule has 6 nitrogen and oxygen atoms in total. The number of aromatic nitrogens is 1. The molecular formula is C12H22Cl2N4O2S. The number of carbonyl (C=O) groups excluding carboxylic acids is 1. The van der Waals surface area contributed by atoms with Crippen molar-refractivity contribution in [2.75, 3.05) is 12.3 Å². The summed E-state index contributed by atoms with van der Waals surface area (Å²) in [6.45, 7) is 0.609. The Bertz CT molecular complexity index is 437. The summed E-state index contributed by atoms with van der Waals surface area (Å²) in [5.41, 5.74) is 12.2. The van der Waals surface area contributed by atoms with Gasteiger partial charge >= 0.3 is 0 Å². The maximum Gasteiger partial charge on any atom is 0.223 e.